The van der Waals surface area contributed by atoms with Crippen LogP contribution in [0, 0.1) is 6.92 Å². The summed E-state index contributed by atoms with van der Waals surface area (Å²) in [4.78, 5) is 39.1. The summed E-state index contributed by atoms with van der Waals surface area (Å²) in [7, 11) is 0. The van der Waals surface area contributed by atoms with Crippen LogP contribution in [0.2, 0.25) is 0 Å². The van der Waals surface area contributed by atoms with Gasteiger partial charge in [-0.3, -0.25) is 9.78 Å². The molecule has 0 spiro atoms. The van der Waals surface area contributed by atoms with E-state index < -0.39 is 17.6 Å². The molecule has 190 valence electrons. The first-order valence-electron chi connectivity index (χ1n) is 11.9. The summed E-state index contributed by atoms with van der Waals surface area (Å²) in [6.45, 7) is 6.34. The van der Waals surface area contributed by atoms with E-state index in [0.29, 0.717) is 37.4 Å². The van der Waals surface area contributed by atoms with E-state index in [1.165, 1.54) is 36.8 Å². The molecule has 36 heavy (non-hydrogen) atoms. The number of pyridine rings is 1. The van der Waals surface area contributed by atoms with Gasteiger partial charge in [0.25, 0.3) is 0 Å². The summed E-state index contributed by atoms with van der Waals surface area (Å²) in [5.74, 6) is -0.391. The van der Waals surface area contributed by atoms with Gasteiger partial charge in [-0.2, -0.15) is 0 Å². The third-order valence-electron chi connectivity index (χ3n) is 5.94. The molecule has 10 heteroatoms. The topological polar surface area (TPSA) is 104 Å². The number of carbonyl (C=O) groups is 2. The molecule has 3 heterocycles. The summed E-state index contributed by atoms with van der Waals surface area (Å²) in [5, 5.41) is 0. The standard InChI is InChI=1S/C26H29FN4O5/c1-17(2)34-25(33)31-14-10-19(11-15-31)35-23-18(3)24(30-16-29-23)36-21-9-4-6-12-26(21,27)22(32)20-8-5-7-13-28-20/h4-9,12-13,16-17,19,21H,10-11,14-15H2,1-3H3. The summed E-state index contributed by atoms with van der Waals surface area (Å²) in [6, 6.07) is 4.74. The number of piperidine rings is 1. The zero-order valence-corrected chi connectivity index (χ0v) is 20.5. The Balaban J connectivity index is 1.44. The lowest BCUT2D eigenvalue weighted by Crippen LogP contribution is -2.47. The minimum atomic E-state index is -2.46. The van der Waals surface area contributed by atoms with E-state index in [9.17, 15) is 9.59 Å². The Morgan fingerprint density at radius 3 is 2.47 bits per heavy atom. The van der Waals surface area contributed by atoms with Crippen molar-refractivity contribution in [1.82, 2.24) is 19.9 Å². The number of alkyl halides is 1. The Bertz CT molecular complexity index is 1150. The molecule has 1 fully saturated rings. The van der Waals surface area contributed by atoms with Crippen LogP contribution in [-0.4, -0.2) is 68.8 Å². The molecule has 0 N–H and O–H groups in total. The first kappa shape index (κ1) is 25.3. The van der Waals surface area contributed by atoms with E-state index in [1.54, 1.807) is 30.0 Å². The highest BCUT2D eigenvalue weighted by Crippen LogP contribution is 2.33. The maximum absolute atomic E-state index is 16.0. The molecule has 9 nitrogen and oxygen atoms in total. The number of hydrogen-bond donors (Lipinski definition) is 0. The number of ketones is 1. The van der Waals surface area contributed by atoms with Crippen LogP contribution in [0.25, 0.3) is 0 Å². The fraction of sp³-hybridized carbons (Fsp3) is 0.423. The maximum atomic E-state index is 16.0. The van der Waals surface area contributed by atoms with E-state index in [-0.39, 0.29) is 29.9 Å². The third-order valence-corrected chi connectivity index (χ3v) is 5.94. The lowest BCUT2D eigenvalue weighted by Gasteiger charge is -2.32. The van der Waals surface area contributed by atoms with Gasteiger partial charge in [0, 0.05) is 32.1 Å². The van der Waals surface area contributed by atoms with Gasteiger partial charge < -0.3 is 19.1 Å². The minimum Gasteiger partial charge on any atom is -0.474 e. The maximum Gasteiger partial charge on any atom is 0.410 e. The number of allylic oxidation sites excluding steroid dienone is 2. The Kier molecular flexibility index (Phi) is 7.61. The van der Waals surface area contributed by atoms with E-state index in [2.05, 4.69) is 15.0 Å². The quantitative estimate of drug-likeness (QED) is 0.529. The van der Waals surface area contributed by atoms with Crippen molar-refractivity contribution in [3.05, 3.63) is 66.3 Å². The zero-order chi connectivity index (χ0) is 25.7. The third kappa shape index (κ3) is 5.53. The van der Waals surface area contributed by atoms with Gasteiger partial charge in [-0.05, 0) is 45.1 Å². The van der Waals surface area contributed by atoms with Crippen molar-refractivity contribution in [2.24, 2.45) is 0 Å². The van der Waals surface area contributed by atoms with E-state index in [4.69, 9.17) is 14.2 Å². The summed E-state index contributed by atoms with van der Waals surface area (Å²) in [5.41, 5.74) is -1.98. The van der Waals surface area contributed by atoms with Gasteiger partial charge in [-0.25, -0.2) is 19.2 Å². The smallest absolute Gasteiger partial charge is 0.410 e. The monoisotopic (exact) mass is 496 g/mol. The molecule has 0 radical (unpaired) electrons. The number of carbonyl (C=O) groups excluding carboxylic acids is 2. The van der Waals surface area contributed by atoms with Gasteiger partial charge in [0.1, 0.15) is 18.1 Å². The number of likely N-dealkylation sites (tertiary alicyclic amines) is 1. The molecule has 2 aliphatic rings. The molecule has 2 unspecified atom stereocenters. The Hall–Kier alpha value is -3.82. The molecule has 2 aromatic rings. The van der Waals surface area contributed by atoms with Crippen LogP contribution in [-0.2, 0) is 4.74 Å². The van der Waals surface area contributed by atoms with Crippen molar-refractivity contribution in [3.8, 4) is 11.8 Å². The zero-order valence-electron chi connectivity index (χ0n) is 20.5. The van der Waals surface area contributed by atoms with Gasteiger partial charge in [-0.15, -0.1) is 0 Å². The summed E-state index contributed by atoms with van der Waals surface area (Å²) < 4.78 is 33.2. The van der Waals surface area contributed by atoms with Crippen LogP contribution in [0.4, 0.5) is 9.18 Å². The average Bonchev–Trinajstić information content (AvgIpc) is 2.88. The lowest BCUT2D eigenvalue weighted by molar-refractivity contribution is 0.0469. The number of ether oxygens (including phenoxy) is 3. The van der Waals surface area contributed by atoms with Crippen molar-refractivity contribution in [2.45, 2.75) is 57.6 Å². The molecular formula is C26H29FN4O5. The minimum absolute atomic E-state index is 0.000556. The number of Topliss-reactive ketones (excluding diaryl/α,β-unsaturated/α-hetero) is 1. The van der Waals surface area contributed by atoms with E-state index in [0.717, 1.165) is 0 Å². The highest BCUT2D eigenvalue weighted by Gasteiger charge is 2.47. The summed E-state index contributed by atoms with van der Waals surface area (Å²) in [6.07, 6.45) is 7.70. The van der Waals surface area contributed by atoms with Crippen LogP contribution < -0.4 is 9.47 Å². The molecule has 2 atom stereocenters. The predicted molar refractivity (Wildman–Crippen MR) is 129 cm³/mol. The van der Waals surface area contributed by atoms with Crippen molar-refractivity contribution in [1.29, 1.82) is 0 Å². The van der Waals surface area contributed by atoms with Crippen LogP contribution in [0.3, 0.4) is 0 Å². The second-order valence-corrected chi connectivity index (χ2v) is 8.94. The Labute approximate surface area is 209 Å². The van der Waals surface area contributed by atoms with Crippen molar-refractivity contribution in [3.63, 3.8) is 0 Å². The highest BCUT2D eigenvalue weighted by molar-refractivity contribution is 6.03. The lowest BCUT2D eigenvalue weighted by atomic mass is 9.88. The van der Waals surface area contributed by atoms with Crippen LogP contribution in [0.15, 0.2) is 55.0 Å². The second kappa shape index (κ2) is 10.8. The highest BCUT2D eigenvalue weighted by atomic mass is 19.1. The number of hydrogen-bond acceptors (Lipinski definition) is 8. The molecule has 0 aromatic carbocycles. The Morgan fingerprint density at radius 2 is 1.81 bits per heavy atom. The molecule has 1 aliphatic heterocycles. The molecule has 4 rings (SSSR count). The largest absolute Gasteiger partial charge is 0.474 e. The van der Waals surface area contributed by atoms with Gasteiger partial charge >= 0.3 is 6.09 Å². The molecule has 1 aliphatic carbocycles. The second-order valence-electron chi connectivity index (χ2n) is 8.94. The molecule has 2 aromatic heterocycles. The van der Waals surface area contributed by atoms with Crippen molar-refractivity contribution < 1.29 is 28.2 Å². The number of nitrogens with zero attached hydrogens (tertiary/aromatic N) is 4. The first-order chi connectivity index (χ1) is 17.3. The SMILES string of the molecule is Cc1c(OC2CCN(C(=O)OC(C)C)CC2)ncnc1OC1C=CC=CC1(F)C(=O)c1ccccn1. The molecule has 1 amide bonds. The molecule has 0 bridgehead atoms. The van der Waals surface area contributed by atoms with Crippen LogP contribution >= 0.6 is 0 Å². The fourth-order valence-electron chi connectivity index (χ4n) is 3.99. The fourth-order valence-corrected chi connectivity index (χ4v) is 3.99. The van der Waals surface area contributed by atoms with Crippen molar-refractivity contribution in [2.75, 3.05) is 13.1 Å². The number of halogens is 1. The van der Waals surface area contributed by atoms with E-state index >= 15 is 4.39 Å². The normalized spacial score (nSPS) is 21.9. The first-order valence-corrected chi connectivity index (χ1v) is 11.9. The van der Waals surface area contributed by atoms with Gasteiger partial charge in [-0.1, -0.05) is 18.2 Å². The summed E-state index contributed by atoms with van der Waals surface area (Å²) >= 11 is 0. The van der Waals surface area contributed by atoms with E-state index in [1.807, 2.05) is 13.8 Å². The molecular weight excluding hydrogens is 467 g/mol. The number of amides is 1. The number of aromatic nitrogens is 3. The molecule has 0 saturated carbocycles. The Morgan fingerprint density at radius 1 is 1.08 bits per heavy atom. The van der Waals surface area contributed by atoms with Crippen molar-refractivity contribution >= 4 is 11.9 Å². The van der Waals surface area contributed by atoms with Crippen LogP contribution in [0.5, 0.6) is 11.8 Å². The number of rotatable bonds is 7. The van der Waals surface area contributed by atoms with Gasteiger partial charge in [0.15, 0.2) is 6.10 Å². The molecule has 1 saturated heterocycles. The van der Waals surface area contributed by atoms with Gasteiger partial charge in [0.05, 0.1) is 11.7 Å². The average molecular weight is 497 g/mol. The van der Waals surface area contributed by atoms with Gasteiger partial charge in [0.2, 0.25) is 23.2 Å². The van der Waals surface area contributed by atoms with Crippen LogP contribution in [0.1, 0.15) is 42.7 Å². The predicted octanol–water partition coefficient (Wildman–Crippen LogP) is 4.03.